The molecular weight excluding hydrogens is 286 g/mol. The summed E-state index contributed by atoms with van der Waals surface area (Å²) in [6.45, 7) is 4.90. The molecule has 1 saturated heterocycles. The number of rotatable bonds is 8. The van der Waals surface area contributed by atoms with Crippen molar-refractivity contribution in [1.29, 1.82) is 0 Å². The second-order valence-corrected chi connectivity index (χ2v) is 7.20. The number of ether oxygens (including phenoxy) is 1. The SMILES string of the molecule is COCCNCC(=O)NCC1(N2CCSCC2)CCCC1. The van der Waals surface area contributed by atoms with Gasteiger partial charge in [-0.25, -0.2) is 0 Å². The van der Waals surface area contributed by atoms with Crippen LogP contribution in [0.1, 0.15) is 25.7 Å². The van der Waals surface area contributed by atoms with E-state index in [1.807, 2.05) is 11.8 Å². The van der Waals surface area contributed by atoms with Gasteiger partial charge in [-0.05, 0) is 12.8 Å². The lowest BCUT2D eigenvalue weighted by atomic mass is 9.94. The predicted octanol–water partition coefficient (Wildman–Crippen LogP) is 0.700. The zero-order valence-corrected chi connectivity index (χ0v) is 14.0. The monoisotopic (exact) mass is 315 g/mol. The maximum Gasteiger partial charge on any atom is 0.234 e. The second kappa shape index (κ2) is 8.98. The summed E-state index contributed by atoms with van der Waals surface area (Å²) < 4.78 is 4.96. The maximum absolute atomic E-state index is 12.0. The Kier molecular flexibility index (Phi) is 7.29. The molecule has 5 nitrogen and oxygen atoms in total. The number of thioether (sulfide) groups is 1. The zero-order chi connectivity index (χ0) is 15.0. The van der Waals surface area contributed by atoms with E-state index in [2.05, 4.69) is 15.5 Å². The molecule has 21 heavy (non-hydrogen) atoms. The van der Waals surface area contributed by atoms with E-state index in [1.54, 1.807) is 7.11 Å². The summed E-state index contributed by atoms with van der Waals surface area (Å²) in [5, 5.41) is 6.25. The van der Waals surface area contributed by atoms with E-state index in [-0.39, 0.29) is 11.4 Å². The van der Waals surface area contributed by atoms with Gasteiger partial charge in [0.05, 0.1) is 13.2 Å². The van der Waals surface area contributed by atoms with E-state index in [0.717, 1.165) is 13.1 Å². The number of carbonyl (C=O) groups is 1. The first-order valence-electron chi connectivity index (χ1n) is 8.06. The maximum atomic E-state index is 12.0. The molecule has 0 atom stereocenters. The van der Waals surface area contributed by atoms with Crippen molar-refractivity contribution in [3.05, 3.63) is 0 Å². The molecule has 0 aromatic heterocycles. The van der Waals surface area contributed by atoms with Crippen LogP contribution in [0.4, 0.5) is 0 Å². The Hall–Kier alpha value is -0.300. The summed E-state index contributed by atoms with van der Waals surface area (Å²) in [6, 6.07) is 0. The summed E-state index contributed by atoms with van der Waals surface area (Å²) in [7, 11) is 1.67. The van der Waals surface area contributed by atoms with Crippen molar-refractivity contribution in [3.63, 3.8) is 0 Å². The molecular formula is C15H29N3O2S. The number of methoxy groups -OCH3 is 1. The number of nitrogens with one attached hydrogen (secondary N) is 2. The van der Waals surface area contributed by atoms with Gasteiger partial charge in [0, 0.05) is 50.3 Å². The molecule has 1 saturated carbocycles. The zero-order valence-electron chi connectivity index (χ0n) is 13.2. The number of hydrogen-bond acceptors (Lipinski definition) is 5. The number of amides is 1. The van der Waals surface area contributed by atoms with Crippen molar-refractivity contribution in [2.24, 2.45) is 0 Å². The summed E-state index contributed by atoms with van der Waals surface area (Å²) in [6.07, 6.45) is 5.06. The van der Waals surface area contributed by atoms with E-state index >= 15 is 0 Å². The van der Waals surface area contributed by atoms with E-state index in [1.165, 1.54) is 50.3 Å². The summed E-state index contributed by atoms with van der Waals surface area (Å²) >= 11 is 2.05. The lowest BCUT2D eigenvalue weighted by Gasteiger charge is -2.43. The number of nitrogens with zero attached hydrogens (tertiary/aromatic N) is 1. The molecule has 0 radical (unpaired) electrons. The van der Waals surface area contributed by atoms with Gasteiger partial charge in [0.2, 0.25) is 5.91 Å². The minimum absolute atomic E-state index is 0.101. The molecule has 2 aliphatic rings. The molecule has 0 aromatic rings. The topological polar surface area (TPSA) is 53.6 Å². The van der Waals surface area contributed by atoms with Crippen LogP contribution in [0.2, 0.25) is 0 Å². The van der Waals surface area contributed by atoms with Crippen LogP contribution in [0.25, 0.3) is 0 Å². The van der Waals surface area contributed by atoms with Gasteiger partial charge >= 0.3 is 0 Å². The molecule has 0 spiro atoms. The van der Waals surface area contributed by atoms with Crippen LogP contribution < -0.4 is 10.6 Å². The van der Waals surface area contributed by atoms with Crippen LogP contribution in [0.3, 0.4) is 0 Å². The average molecular weight is 315 g/mol. The van der Waals surface area contributed by atoms with Crippen molar-refractivity contribution in [1.82, 2.24) is 15.5 Å². The van der Waals surface area contributed by atoms with Crippen molar-refractivity contribution >= 4 is 17.7 Å². The first-order valence-corrected chi connectivity index (χ1v) is 9.21. The minimum Gasteiger partial charge on any atom is -0.383 e. The van der Waals surface area contributed by atoms with Crippen LogP contribution in [-0.4, -0.2) is 74.3 Å². The highest BCUT2D eigenvalue weighted by Crippen LogP contribution is 2.36. The summed E-state index contributed by atoms with van der Waals surface area (Å²) in [5.41, 5.74) is 0.225. The molecule has 1 aliphatic heterocycles. The van der Waals surface area contributed by atoms with Gasteiger partial charge < -0.3 is 15.4 Å². The van der Waals surface area contributed by atoms with Gasteiger partial charge in [0.15, 0.2) is 0 Å². The fourth-order valence-electron chi connectivity index (χ4n) is 3.38. The van der Waals surface area contributed by atoms with E-state index in [4.69, 9.17) is 4.74 Å². The largest absolute Gasteiger partial charge is 0.383 e. The molecule has 6 heteroatoms. The Balaban J connectivity index is 1.76. The van der Waals surface area contributed by atoms with Crippen molar-refractivity contribution in [3.8, 4) is 0 Å². The van der Waals surface area contributed by atoms with Crippen LogP contribution in [0, 0.1) is 0 Å². The third-order valence-corrected chi connectivity index (χ3v) is 5.54. The Morgan fingerprint density at radius 3 is 2.67 bits per heavy atom. The molecule has 1 aliphatic carbocycles. The van der Waals surface area contributed by atoms with Crippen LogP contribution in [0.15, 0.2) is 0 Å². The van der Waals surface area contributed by atoms with Crippen LogP contribution in [-0.2, 0) is 9.53 Å². The van der Waals surface area contributed by atoms with E-state index in [9.17, 15) is 4.79 Å². The van der Waals surface area contributed by atoms with Gasteiger partial charge in [-0.2, -0.15) is 11.8 Å². The van der Waals surface area contributed by atoms with Crippen LogP contribution in [0.5, 0.6) is 0 Å². The van der Waals surface area contributed by atoms with Crippen LogP contribution >= 0.6 is 11.8 Å². The number of hydrogen-bond donors (Lipinski definition) is 2. The first-order chi connectivity index (χ1) is 10.3. The van der Waals surface area contributed by atoms with Gasteiger partial charge in [-0.15, -0.1) is 0 Å². The number of carbonyl (C=O) groups excluding carboxylic acids is 1. The molecule has 1 heterocycles. The Morgan fingerprint density at radius 1 is 1.29 bits per heavy atom. The van der Waals surface area contributed by atoms with E-state index < -0.39 is 0 Å². The fourth-order valence-corrected chi connectivity index (χ4v) is 4.28. The lowest BCUT2D eigenvalue weighted by Crippen LogP contribution is -2.57. The van der Waals surface area contributed by atoms with Crippen molar-refractivity contribution < 1.29 is 9.53 Å². The third-order valence-electron chi connectivity index (χ3n) is 4.60. The molecule has 2 fully saturated rings. The molecule has 0 aromatic carbocycles. The lowest BCUT2D eigenvalue weighted by molar-refractivity contribution is -0.121. The molecule has 2 N–H and O–H groups in total. The third kappa shape index (κ3) is 5.13. The van der Waals surface area contributed by atoms with Gasteiger partial charge in [-0.3, -0.25) is 9.69 Å². The van der Waals surface area contributed by atoms with Gasteiger partial charge in [0.1, 0.15) is 0 Å². The second-order valence-electron chi connectivity index (χ2n) is 5.98. The minimum atomic E-state index is 0.101. The molecule has 2 rings (SSSR count). The quantitative estimate of drug-likeness (QED) is 0.646. The molecule has 1 amide bonds. The molecule has 122 valence electrons. The highest BCUT2D eigenvalue weighted by Gasteiger charge is 2.40. The van der Waals surface area contributed by atoms with Crippen molar-refractivity contribution in [2.75, 3.05) is 57.9 Å². The van der Waals surface area contributed by atoms with Crippen molar-refractivity contribution in [2.45, 2.75) is 31.2 Å². The Morgan fingerprint density at radius 2 is 2.00 bits per heavy atom. The van der Waals surface area contributed by atoms with Gasteiger partial charge in [0.25, 0.3) is 0 Å². The molecule has 0 unspecified atom stereocenters. The highest BCUT2D eigenvalue weighted by molar-refractivity contribution is 7.99. The molecule has 0 bridgehead atoms. The summed E-state index contributed by atoms with van der Waals surface area (Å²) in [4.78, 5) is 14.6. The van der Waals surface area contributed by atoms with E-state index in [0.29, 0.717) is 13.2 Å². The fraction of sp³-hybridized carbons (Fsp3) is 0.933. The average Bonchev–Trinajstić information content (AvgIpc) is 3.01. The standard InChI is InChI=1S/C15H29N3O2S/c1-20-9-6-16-12-14(19)17-13-15(4-2-3-5-15)18-7-10-21-11-8-18/h16H,2-13H2,1H3,(H,17,19). The predicted molar refractivity (Wildman–Crippen MR) is 87.9 cm³/mol. The Bertz CT molecular complexity index is 316. The smallest absolute Gasteiger partial charge is 0.234 e. The van der Waals surface area contributed by atoms with Gasteiger partial charge in [-0.1, -0.05) is 12.8 Å². The Labute approximate surface area is 132 Å². The normalized spacial score (nSPS) is 22.3. The summed E-state index contributed by atoms with van der Waals surface area (Å²) in [5.74, 6) is 2.56. The first kappa shape index (κ1) is 17.1. The highest BCUT2D eigenvalue weighted by atomic mass is 32.2.